The molecule has 7 aromatic carbocycles. The Morgan fingerprint density at radius 3 is 1.53 bits per heavy atom. The predicted molar refractivity (Wildman–Crippen MR) is 214 cm³/mol. The summed E-state index contributed by atoms with van der Waals surface area (Å²) in [5, 5.41) is 3.57. The van der Waals surface area contributed by atoms with E-state index in [9.17, 15) is 0 Å². The number of hydrogen-bond acceptors (Lipinski definition) is 4. The number of imidazole rings is 1. The molecule has 0 atom stereocenters. The molecule has 4 heterocycles. The molecule has 0 aliphatic carbocycles. The first kappa shape index (κ1) is 31.0. The summed E-state index contributed by atoms with van der Waals surface area (Å²) in [5.74, 6) is 0.946. The average molecular weight is 716 g/mol. The van der Waals surface area contributed by atoms with Crippen molar-refractivity contribution in [1.29, 1.82) is 0 Å². The molecule has 55 heavy (non-hydrogen) atoms. The van der Waals surface area contributed by atoms with E-state index in [0.717, 1.165) is 60.7 Å². The molecular formula is C46H27F2N7. The average Bonchev–Trinajstić information content (AvgIpc) is 3.88. The van der Waals surface area contributed by atoms with Gasteiger partial charge in [0.2, 0.25) is 11.9 Å². The van der Waals surface area contributed by atoms with Crippen molar-refractivity contribution in [2.45, 2.75) is 0 Å². The third kappa shape index (κ3) is 4.80. The molecule has 0 aliphatic rings. The number of halogens is 2. The number of nitrogens with zero attached hydrogens (tertiary/aromatic N) is 7. The molecule has 9 heteroatoms. The van der Waals surface area contributed by atoms with E-state index in [1.807, 2.05) is 130 Å². The Morgan fingerprint density at radius 2 is 0.891 bits per heavy atom. The van der Waals surface area contributed by atoms with Gasteiger partial charge in [0.05, 0.1) is 38.8 Å². The fourth-order valence-electron chi connectivity index (χ4n) is 7.90. The van der Waals surface area contributed by atoms with Crippen molar-refractivity contribution in [2.24, 2.45) is 0 Å². The Balaban J connectivity index is 1.26. The van der Waals surface area contributed by atoms with Crippen LogP contribution in [0.25, 0.3) is 95.0 Å². The molecule has 0 saturated heterocycles. The van der Waals surface area contributed by atoms with Crippen LogP contribution in [-0.2, 0) is 0 Å². The van der Waals surface area contributed by atoms with Crippen LogP contribution in [0.4, 0.5) is 8.78 Å². The zero-order valence-electron chi connectivity index (χ0n) is 29.0. The van der Waals surface area contributed by atoms with Crippen LogP contribution in [-0.4, -0.2) is 33.6 Å². The highest BCUT2D eigenvalue weighted by Gasteiger charge is 2.24. The molecule has 0 unspecified atom stereocenters. The molecule has 0 N–H and O–H groups in total. The van der Waals surface area contributed by atoms with E-state index in [4.69, 9.17) is 19.9 Å². The third-order valence-corrected chi connectivity index (χ3v) is 10.3. The first-order valence-electron chi connectivity index (χ1n) is 17.9. The Kier molecular flexibility index (Phi) is 6.78. The van der Waals surface area contributed by atoms with E-state index < -0.39 is 0 Å². The Morgan fingerprint density at radius 1 is 0.382 bits per heavy atom. The molecule has 0 radical (unpaired) electrons. The molecule has 0 bridgehead atoms. The molecule has 260 valence electrons. The SMILES string of the molecule is Fc1ccc2c3ccccc3n(-c3nc(-c4ccccc4-n4c(-c5ccccc5)nc5ccccc54)nc(-n4c5ccccc5c5ccc(F)cc54)n3)c2c1. The normalized spacial score (nSPS) is 11.8. The van der Waals surface area contributed by atoms with E-state index in [2.05, 4.69) is 10.6 Å². The van der Waals surface area contributed by atoms with Crippen LogP contribution in [0.5, 0.6) is 0 Å². The summed E-state index contributed by atoms with van der Waals surface area (Å²) in [6.07, 6.45) is 0. The molecule has 7 nitrogen and oxygen atoms in total. The summed E-state index contributed by atoms with van der Waals surface area (Å²) >= 11 is 0. The number of fused-ring (bicyclic) bond motifs is 7. The van der Waals surface area contributed by atoms with Crippen LogP contribution in [0.1, 0.15) is 0 Å². The number of para-hydroxylation sites is 5. The lowest BCUT2D eigenvalue weighted by atomic mass is 10.1. The Hall–Kier alpha value is -7.52. The molecular weight excluding hydrogens is 689 g/mol. The summed E-state index contributed by atoms with van der Waals surface area (Å²) in [6, 6.07) is 51.3. The van der Waals surface area contributed by atoms with Gasteiger partial charge < -0.3 is 0 Å². The molecule has 0 amide bonds. The zero-order valence-corrected chi connectivity index (χ0v) is 29.0. The second kappa shape index (κ2) is 12.0. The summed E-state index contributed by atoms with van der Waals surface area (Å²) in [5.41, 5.74) is 7.05. The quantitative estimate of drug-likeness (QED) is 0.178. The number of benzene rings is 7. The van der Waals surface area contributed by atoms with Gasteiger partial charge in [0.1, 0.15) is 17.5 Å². The first-order valence-corrected chi connectivity index (χ1v) is 17.9. The van der Waals surface area contributed by atoms with Crippen molar-refractivity contribution in [3.8, 4) is 40.4 Å². The number of aromatic nitrogens is 7. The number of hydrogen-bond donors (Lipinski definition) is 0. The number of rotatable bonds is 5. The second-order valence-corrected chi connectivity index (χ2v) is 13.4. The van der Waals surface area contributed by atoms with Crippen molar-refractivity contribution in [1.82, 2.24) is 33.6 Å². The maximum Gasteiger partial charge on any atom is 0.240 e. The highest BCUT2D eigenvalue weighted by molar-refractivity contribution is 6.10. The van der Waals surface area contributed by atoms with Gasteiger partial charge in [-0.1, -0.05) is 91.0 Å². The fraction of sp³-hybridized carbons (Fsp3) is 0. The highest BCUT2D eigenvalue weighted by atomic mass is 19.1. The third-order valence-electron chi connectivity index (χ3n) is 10.3. The second-order valence-electron chi connectivity index (χ2n) is 13.4. The maximum atomic E-state index is 15.1. The van der Waals surface area contributed by atoms with Gasteiger partial charge in [-0.15, -0.1) is 0 Å². The van der Waals surface area contributed by atoms with Gasteiger partial charge in [0, 0.05) is 32.7 Å². The van der Waals surface area contributed by atoms with Gasteiger partial charge in [-0.3, -0.25) is 13.7 Å². The standard InChI is InChI=1S/C46H27F2N7/c47-29-22-24-33-31-14-4-8-18-37(31)54(41(33)26-29)45-50-43(51-46(52-45)55-38-19-9-5-15-32(38)34-25-23-30(48)27-42(34)55)35-16-6-10-20-39(35)53-40-21-11-7-17-36(40)49-44(53)28-12-2-1-3-13-28/h1-27H. The molecule has 11 aromatic rings. The van der Waals surface area contributed by atoms with Crippen molar-refractivity contribution >= 4 is 54.6 Å². The van der Waals surface area contributed by atoms with E-state index in [1.165, 1.54) is 24.3 Å². The summed E-state index contributed by atoms with van der Waals surface area (Å²) in [4.78, 5) is 20.7. The summed E-state index contributed by atoms with van der Waals surface area (Å²) in [7, 11) is 0. The molecule has 0 spiro atoms. The topological polar surface area (TPSA) is 66.3 Å². The minimum atomic E-state index is -0.380. The van der Waals surface area contributed by atoms with Gasteiger partial charge in [-0.25, -0.2) is 13.8 Å². The largest absolute Gasteiger partial charge is 0.292 e. The van der Waals surface area contributed by atoms with E-state index in [-0.39, 0.29) is 23.5 Å². The van der Waals surface area contributed by atoms with Gasteiger partial charge in [-0.05, 0) is 72.8 Å². The van der Waals surface area contributed by atoms with E-state index in [0.29, 0.717) is 22.4 Å². The first-order chi connectivity index (χ1) is 27.1. The van der Waals surface area contributed by atoms with E-state index in [1.54, 1.807) is 12.1 Å². The zero-order chi connectivity index (χ0) is 36.6. The van der Waals surface area contributed by atoms with Crippen LogP contribution in [0, 0.1) is 11.6 Å². The molecule has 0 fully saturated rings. The Bertz CT molecular complexity index is 3170. The summed E-state index contributed by atoms with van der Waals surface area (Å²) < 4.78 is 36.1. The van der Waals surface area contributed by atoms with Crippen LogP contribution in [0.3, 0.4) is 0 Å². The predicted octanol–water partition coefficient (Wildman–Crippen LogP) is 11.0. The molecule has 0 aliphatic heterocycles. The van der Waals surface area contributed by atoms with Gasteiger partial charge in [-0.2, -0.15) is 15.0 Å². The molecule has 0 saturated carbocycles. The highest BCUT2D eigenvalue weighted by Crippen LogP contribution is 2.37. The van der Waals surface area contributed by atoms with Gasteiger partial charge >= 0.3 is 0 Å². The van der Waals surface area contributed by atoms with Crippen LogP contribution < -0.4 is 0 Å². The molecule has 11 rings (SSSR count). The van der Waals surface area contributed by atoms with Crippen LogP contribution >= 0.6 is 0 Å². The van der Waals surface area contributed by atoms with E-state index >= 15 is 8.78 Å². The Labute approximate surface area is 312 Å². The lowest BCUT2D eigenvalue weighted by molar-refractivity contribution is 0.629. The van der Waals surface area contributed by atoms with Crippen molar-refractivity contribution in [3.05, 3.63) is 175 Å². The van der Waals surface area contributed by atoms with Crippen LogP contribution in [0.15, 0.2) is 164 Å². The van der Waals surface area contributed by atoms with Crippen LogP contribution in [0.2, 0.25) is 0 Å². The van der Waals surface area contributed by atoms with Crippen molar-refractivity contribution < 1.29 is 8.78 Å². The minimum absolute atomic E-state index is 0.285. The molecule has 4 aromatic heterocycles. The maximum absolute atomic E-state index is 15.1. The van der Waals surface area contributed by atoms with Gasteiger partial charge in [0.25, 0.3) is 0 Å². The van der Waals surface area contributed by atoms with Crippen molar-refractivity contribution in [2.75, 3.05) is 0 Å². The van der Waals surface area contributed by atoms with Crippen molar-refractivity contribution in [3.63, 3.8) is 0 Å². The monoisotopic (exact) mass is 715 g/mol. The smallest absolute Gasteiger partial charge is 0.240 e. The summed E-state index contributed by atoms with van der Waals surface area (Å²) in [6.45, 7) is 0. The fourth-order valence-corrected chi connectivity index (χ4v) is 7.90. The minimum Gasteiger partial charge on any atom is -0.292 e. The van der Waals surface area contributed by atoms with Gasteiger partial charge in [0.15, 0.2) is 5.82 Å². The lowest BCUT2D eigenvalue weighted by Gasteiger charge is -2.16. The lowest BCUT2D eigenvalue weighted by Crippen LogP contribution is -2.11.